The van der Waals surface area contributed by atoms with Crippen LogP contribution in [-0.2, 0) is 13.1 Å². The molecule has 0 bridgehead atoms. The lowest BCUT2D eigenvalue weighted by molar-refractivity contribution is 0.313. The minimum absolute atomic E-state index is 0.0158. The molecule has 0 aliphatic rings. The van der Waals surface area contributed by atoms with Crippen molar-refractivity contribution in [3.05, 3.63) is 63.5 Å². The largest absolute Gasteiger partial charge is 0.398 e. The molecular weight excluding hydrogens is 286 g/mol. The zero-order valence-electron chi connectivity index (χ0n) is 12.1. The van der Waals surface area contributed by atoms with Crippen molar-refractivity contribution in [2.75, 3.05) is 19.3 Å². The molecule has 0 amide bonds. The normalized spacial score (nSPS) is 11.0. The molecule has 0 unspecified atom stereocenters. The van der Waals surface area contributed by atoms with E-state index in [2.05, 4.69) is 4.90 Å². The molecule has 2 aromatic rings. The molecule has 0 fully saturated rings. The van der Waals surface area contributed by atoms with Gasteiger partial charge < -0.3 is 15.2 Å². The third-order valence-electron chi connectivity index (χ3n) is 3.34. The van der Waals surface area contributed by atoms with E-state index in [4.69, 9.17) is 17.3 Å². The van der Waals surface area contributed by atoms with Gasteiger partial charge in [0.25, 0.3) is 5.56 Å². The van der Waals surface area contributed by atoms with Crippen molar-refractivity contribution in [1.29, 1.82) is 0 Å². The number of rotatable bonds is 6. The summed E-state index contributed by atoms with van der Waals surface area (Å²) in [5.74, 6) is 0. The van der Waals surface area contributed by atoms with Gasteiger partial charge in [0.1, 0.15) is 0 Å². The summed E-state index contributed by atoms with van der Waals surface area (Å²) in [5, 5.41) is 0.788. The van der Waals surface area contributed by atoms with Crippen LogP contribution in [0.1, 0.15) is 12.0 Å². The van der Waals surface area contributed by atoms with E-state index < -0.39 is 0 Å². The minimum Gasteiger partial charge on any atom is -0.398 e. The Bertz CT molecular complexity index is 654. The first kappa shape index (κ1) is 15.6. The molecule has 0 aliphatic heterocycles. The molecule has 1 aromatic carbocycles. The molecule has 21 heavy (non-hydrogen) atoms. The maximum absolute atomic E-state index is 11.7. The summed E-state index contributed by atoms with van der Waals surface area (Å²) < 4.78 is 1.65. The number of nitrogens with two attached hydrogens (primary N) is 1. The van der Waals surface area contributed by atoms with Crippen molar-refractivity contribution in [3.8, 4) is 0 Å². The molecular formula is C16H20ClN3O. The van der Waals surface area contributed by atoms with Crippen LogP contribution in [0.2, 0.25) is 5.02 Å². The predicted octanol–water partition coefficient (Wildman–Crippen LogP) is 2.61. The molecule has 2 N–H and O–H groups in total. The van der Waals surface area contributed by atoms with Crippen LogP contribution in [0.4, 0.5) is 5.69 Å². The number of nitrogen functional groups attached to an aromatic ring is 1. The zero-order chi connectivity index (χ0) is 15.2. The fraction of sp³-hybridized carbons (Fsp3) is 0.312. The quantitative estimate of drug-likeness (QED) is 0.892. The molecule has 0 saturated heterocycles. The summed E-state index contributed by atoms with van der Waals surface area (Å²) in [6, 6.07) is 11.0. The molecule has 112 valence electrons. The summed E-state index contributed by atoms with van der Waals surface area (Å²) >= 11 is 6.15. The van der Waals surface area contributed by atoms with Gasteiger partial charge in [0.2, 0.25) is 0 Å². The van der Waals surface area contributed by atoms with E-state index in [1.165, 1.54) is 6.07 Å². The number of halogens is 1. The van der Waals surface area contributed by atoms with Gasteiger partial charge in [-0.05, 0) is 37.7 Å². The smallest absolute Gasteiger partial charge is 0.250 e. The fourth-order valence-electron chi connectivity index (χ4n) is 2.23. The van der Waals surface area contributed by atoms with Crippen molar-refractivity contribution in [2.45, 2.75) is 19.5 Å². The Hall–Kier alpha value is -1.78. The monoisotopic (exact) mass is 305 g/mol. The van der Waals surface area contributed by atoms with E-state index in [0.717, 1.165) is 30.1 Å². The molecule has 0 aliphatic carbocycles. The third kappa shape index (κ3) is 4.62. The van der Waals surface area contributed by atoms with E-state index in [1.54, 1.807) is 16.8 Å². The van der Waals surface area contributed by atoms with Crippen LogP contribution < -0.4 is 11.3 Å². The van der Waals surface area contributed by atoms with Crippen molar-refractivity contribution < 1.29 is 0 Å². The lowest BCUT2D eigenvalue weighted by Crippen LogP contribution is -2.24. The SMILES string of the molecule is CN(CCCn1cc(N)ccc1=O)Cc1ccccc1Cl. The third-order valence-corrected chi connectivity index (χ3v) is 3.71. The average molecular weight is 306 g/mol. The Morgan fingerprint density at radius 3 is 2.76 bits per heavy atom. The Morgan fingerprint density at radius 1 is 1.24 bits per heavy atom. The Kier molecular flexibility index (Phi) is 5.42. The van der Waals surface area contributed by atoms with E-state index in [1.807, 2.05) is 31.3 Å². The van der Waals surface area contributed by atoms with Crippen molar-refractivity contribution >= 4 is 17.3 Å². The number of hydrogen-bond acceptors (Lipinski definition) is 3. The predicted molar refractivity (Wildman–Crippen MR) is 87.5 cm³/mol. The number of aromatic nitrogens is 1. The molecule has 4 nitrogen and oxygen atoms in total. The maximum Gasteiger partial charge on any atom is 0.250 e. The Labute approximate surface area is 129 Å². The number of aryl methyl sites for hydroxylation is 1. The van der Waals surface area contributed by atoms with E-state index in [9.17, 15) is 4.79 Å². The van der Waals surface area contributed by atoms with E-state index in [-0.39, 0.29) is 5.56 Å². The molecule has 0 saturated carbocycles. The van der Waals surface area contributed by atoms with Crippen LogP contribution in [0.5, 0.6) is 0 Å². The summed E-state index contributed by atoms with van der Waals surface area (Å²) in [5.41, 5.74) is 7.40. The number of benzene rings is 1. The minimum atomic E-state index is -0.0158. The highest BCUT2D eigenvalue weighted by Gasteiger charge is 2.04. The van der Waals surface area contributed by atoms with Gasteiger partial charge in [-0.1, -0.05) is 29.8 Å². The van der Waals surface area contributed by atoms with Crippen LogP contribution >= 0.6 is 11.6 Å². The van der Waals surface area contributed by atoms with Crippen LogP contribution in [0.15, 0.2) is 47.4 Å². The maximum atomic E-state index is 11.7. The Balaban J connectivity index is 1.84. The second-order valence-corrected chi connectivity index (χ2v) is 5.58. The van der Waals surface area contributed by atoms with Gasteiger partial charge in [-0.2, -0.15) is 0 Å². The van der Waals surface area contributed by atoms with Gasteiger partial charge in [-0.25, -0.2) is 0 Å². The number of hydrogen-bond donors (Lipinski definition) is 1. The molecule has 1 aromatic heterocycles. The van der Waals surface area contributed by atoms with Crippen LogP contribution in [0.3, 0.4) is 0 Å². The number of anilines is 1. The summed E-state index contributed by atoms with van der Waals surface area (Å²) in [6.07, 6.45) is 2.57. The fourth-order valence-corrected chi connectivity index (χ4v) is 2.43. The topological polar surface area (TPSA) is 51.3 Å². The zero-order valence-corrected chi connectivity index (χ0v) is 12.9. The molecule has 0 atom stereocenters. The molecule has 1 heterocycles. The first-order valence-electron chi connectivity index (χ1n) is 6.94. The highest BCUT2D eigenvalue weighted by molar-refractivity contribution is 6.31. The lowest BCUT2D eigenvalue weighted by Gasteiger charge is -2.17. The molecule has 0 spiro atoms. The summed E-state index contributed by atoms with van der Waals surface area (Å²) in [6.45, 7) is 2.34. The number of pyridine rings is 1. The average Bonchev–Trinajstić information content (AvgIpc) is 2.45. The molecule has 0 radical (unpaired) electrons. The van der Waals surface area contributed by atoms with Crippen LogP contribution in [-0.4, -0.2) is 23.1 Å². The highest BCUT2D eigenvalue weighted by atomic mass is 35.5. The van der Waals surface area contributed by atoms with E-state index >= 15 is 0 Å². The number of nitrogens with zero attached hydrogens (tertiary/aromatic N) is 2. The van der Waals surface area contributed by atoms with Gasteiger partial charge in [0.05, 0.1) is 0 Å². The van der Waals surface area contributed by atoms with Gasteiger partial charge in [0.15, 0.2) is 0 Å². The van der Waals surface area contributed by atoms with Gasteiger partial charge in [0, 0.05) is 36.1 Å². The lowest BCUT2D eigenvalue weighted by atomic mass is 10.2. The summed E-state index contributed by atoms with van der Waals surface area (Å²) in [7, 11) is 2.05. The second kappa shape index (κ2) is 7.29. The first-order chi connectivity index (χ1) is 10.1. The van der Waals surface area contributed by atoms with Crippen LogP contribution in [0, 0.1) is 0 Å². The van der Waals surface area contributed by atoms with Crippen LogP contribution in [0.25, 0.3) is 0 Å². The first-order valence-corrected chi connectivity index (χ1v) is 7.32. The van der Waals surface area contributed by atoms with Gasteiger partial charge in [-0.15, -0.1) is 0 Å². The standard InChI is InChI=1S/C16H20ClN3O/c1-19(11-13-5-2-3-6-15(13)17)9-4-10-20-12-14(18)7-8-16(20)21/h2-3,5-8,12H,4,9-11,18H2,1H3. The second-order valence-electron chi connectivity index (χ2n) is 5.18. The molecule has 5 heteroatoms. The van der Waals surface area contributed by atoms with Crippen molar-refractivity contribution in [3.63, 3.8) is 0 Å². The van der Waals surface area contributed by atoms with Crippen molar-refractivity contribution in [1.82, 2.24) is 9.47 Å². The van der Waals surface area contributed by atoms with Crippen molar-refractivity contribution in [2.24, 2.45) is 0 Å². The molecule has 2 rings (SSSR count). The van der Waals surface area contributed by atoms with Gasteiger partial charge >= 0.3 is 0 Å². The Morgan fingerprint density at radius 2 is 2.00 bits per heavy atom. The summed E-state index contributed by atoms with van der Waals surface area (Å²) in [4.78, 5) is 13.9. The van der Waals surface area contributed by atoms with E-state index in [0.29, 0.717) is 12.2 Å². The highest BCUT2D eigenvalue weighted by Crippen LogP contribution is 2.16. The van der Waals surface area contributed by atoms with Gasteiger partial charge in [-0.3, -0.25) is 4.79 Å².